The van der Waals surface area contributed by atoms with E-state index in [0.717, 1.165) is 6.29 Å². The highest BCUT2D eigenvalue weighted by Crippen LogP contribution is 1.99. The van der Waals surface area contributed by atoms with Crippen molar-refractivity contribution in [2.45, 2.75) is 44.2 Å². The Labute approximate surface area is 106 Å². The first kappa shape index (κ1) is 16.5. The van der Waals surface area contributed by atoms with Crippen LogP contribution in [0.25, 0.3) is 0 Å². The van der Waals surface area contributed by atoms with E-state index in [4.69, 9.17) is 16.6 Å². The molecule has 0 saturated carbocycles. The first-order valence-electron chi connectivity index (χ1n) is 5.94. The molecule has 0 fully saturated rings. The second kappa shape index (κ2) is 9.55. The van der Waals surface area contributed by atoms with Crippen molar-refractivity contribution >= 4 is 18.2 Å². The molecular formula is C11H21N3O4. The minimum Gasteiger partial charge on any atom is -0.480 e. The molecule has 0 bridgehead atoms. The smallest absolute Gasteiger partial charge is 0.320 e. The van der Waals surface area contributed by atoms with Gasteiger partial charge in [-0.1, -0.05) is 0 Å². The molecule has 6 N–H and O–H groups in total. The van der Waals surface area contributed by atoms with E-state index in [0.29, 0.717) is 32.2 Å². The molecule has 0 spiro atoms. The predicted octanol–water partition coefficient (Wildman–Crippen LogP) is -1.01. The van der Waals surface area contributed by atoms with Crippen molar-refractivity contribution in [2.24, 2.45) is 11.5 Å². The van der Waals surface area contributed by atoms with Crippen molar-refractivity contribution in [1.82, 2.24) is 5.32 Å². The quantitative estimate of drug-likeness (QED) is 0.293. The number of unbranched alkanes of at least 4 members (excludes halogenated alkanes) is 1. The van der Waals surface area contributed by atoms with Gasteiger partial charge < -0.3 is 26.7 Å². The molecule has 0 rings (SSSR count). The zero-order valence-corrected chi connectivity index (χ0v) is 10.3. The summed E-state index contributed by atoms with van der Waals surface area (Å²) < 4.78 is 0. The van der Waals surface area contributed by atoms with Gasteiger partial charge in [-0.05, 0) is 25.7 Å². The molecule has 0 aliphatic heterocycles. The second-order valence-corrected chi connectivity index (χ2v) is 4.08. The molecule has 104 valence electrons. The number of rotatable bonds is 10. The van der Waals surface area contributed by atoms with Crippen molar-refractivity contribution in [1.29, 1.82) is 0 Å². The lowest BCUT2D eigenvalue weighted by atomic mass is 10.1. The topological polar surface area (TPSA) is 136 Å². The molecule has 0 aromatic rings. The van der Waals surface area contributed by atoms with Crippen molar-refractivity contribution in [3.63, 3.8) is 0 Å². The van der Waals surface area contributed by atoms with Crippen LogP contribution >= 0.6 is 0 Å². The van der Waals surface area contributed by atoms with Gasteiger partial charge >= 0.3 is 5.97 Å². The fourth-order valence-electron chi connectivity index (χ4n) is 1.33. The molecule has 0 saturated heterocycles. The van der Waals surface area contributed by atoms with Gasteiger partial charge in [0.15, 0.2) is 0 Å². The van der Waals surface area contributed by atoms with E-state index in [1.807, 2.05) is 0 Å². The fraction of sp³-hybridized carbons (Fsp3) is 0.727. The van der Waals surface area contributed by atoms with Crippen molar-refractivity contribution < 1.29 is 19.5 Å². The van der Waals surface area contributed by atoms with Gasteiger partial charge in [-0.3, -0.25) is 9.59 Å². The first-order valence-corrected chi connectivity index (χ1v) is 5.94. The maximum absolute atomic E-state index is 11.4. The van der Waals surface area contributed by atoms with Gasteiger partial charge in [-0.25, -0.2) is 0 Å². The lowest BCUT2D eigenvalue weighted by molar-refractivity contribution is -0.138. The van der Waals surface area contributed by atoms with Gasteiger partial charge in [0, 0.05) is 13.0 Å². The summed E-state index contributed by atoms with van der Waals surface area (Å²) in [5, 5.41) is 11.2. The molecule has 0 aromatic heterocycles. The van der Waals surface area contributed by atoms with E-state index in [2.05, 4.69) is 5.32 Å². The number of nitrogens with two attached hydrogens (primary N) is 2. The number of nitrogens with one attached hydrogen (secondary N) is 1. The Balaban J connectivity index is 3.56. The summed E-state index contributed by atoms with van der Waals surface area (Å²) in [7, 11) is 0. The van der Waals surface area contributed by atoms with Crippen LogP contribution in [0, 0.1) is 0 Å². The summed E-state index contributed by atoms with van der Waals surface area (Å²) in [6.07, 6.45) is 2.97. The normalized spacial score (nSPS) is 13.7. The van der Waals surface area contributed by atoms with Crippen LogP contribution in [0.4, 0.5) is 0 Å². The zero-order chi connectivity index (χ0) is 14.0. The molecule has 18 heavy (non-hydrogen) atoms. The van der Waals surface area contributed by atoms with Crippen LogP contribution in [0.3, 0.4) is 0 Å². The molecular weight excluding hydrogens is 238 g/mol. The van der Waals surface area contributed by atoms with E-state index < -0.39 is 18.1 Å². The van der Waals surface area contributed by atoms with Gasteiger partial charge in [-0.15, -0.1) is 0 Å². The summed E-state index contributed by atoms with van der Waals surface area (Å²) in [4.78, 5) is 31.9. The third-order valence-corrected chi connectivity index (χ3v) is 2.49. The lowest BCUT2D eigenvalue weighted by Gasteiger charge is -2.11. The average molecular weight is 259 g/mol. The number of carboxylic acid groups (broad SMARTS) is 1. The molecule has 0 heterocycles. The van der Waals surface area contributed by atoms with E-state index in [-0.39, 0.29) is 12.3 Å². The Morgan fingerprint density at radius 3 is 2.39 bits per heavy atom. The molecule has 0 aliphatic carbocycles. The van der Waals surface area contributed by atoms with Crippen LogP contribution in [-0.2, 0) is 14.4 Å². The van der Waals surface area contributed by atoms with E-state index >= 15 is 0 Å². The monoisotopic (exact) mass is 259 g/mol. The van der Waals surface area contributed by atoms with E-state index in [9.17, 15) is 14.4 Å². The van der Waals surface area contributed by atoms with Crippen LogP contribution in [0.1, 0.15) is 32.1 Å². The molecule has 0 aliphatic rings. The number of aliphatic carboxylic acids is 1. The molecule has 0 unspecified atom stereocenters. The number of carbonyl (C=O) groups is 3. The molecule has 1 amide bonds. The van der Waals surface area contributed by atoms with Gasteiger partial charge in [0.25, 0.3) is 0 Å². The number of aldehydes is 1. The molecule has 2 atom stereocenters. The summed E-state index contributed by atoms with van der Waals surface area (Å²) in [6, 6.07) is -1.52. The third-order valence-electron chi connectivity index (χ3n) is 2.49. The maximum Gasteiger partial charge on any atom is 0.320 e. The lowest BCUT2D eigenvalue weighted by Crippen LogP contribution is -2.41. The highest BCUT2D eigenvalue weighted by molar-refractivity contribution is 5.81. The van der Waals surface area contributed by atoms with E-state index in [1.165, 1.54) is 0 Å². The van der Waals surface area contributed by atoms with Gasteiger partial charge in [0.1, 0.15) is 12.3 Å². The maximum atomic E-state index is 11.4. The van der Waals surface area contributed by atoms with Crippen molar-refractivity contribution in [3.8, 4) is 0 Å². The van der Waals surface area contributed by atoms with Gasteiger partial charge in [0.05, 0.1) is 6.04 Å². The Hall–Kier alpha value is -1.47. The van der Waals surface area contributed by atoms with Crippen LogP contribution in [0.2, 0.25) is 0 Å². The Morgan fingerprint density at radius 1 is 1.17 bits per heavy atom. The number of hydrogen-bond acceptors (Lipinski definition) is 5. The second-order valence-electron chi connectivity index (χ2n) is 4.08. The van der Waals surface area contributed by atoms with Crippen LogP contribution < -0.4 is 16.8 Å². The van der Waals surface area contributed by atoms with Crippen LogP contribution in [0.5, 0.6) is 0 Å². The molecule has 7 heteroatoms. The van der Waals surface area contributed by atoms with Gasteiger partial charge in [0.2, 0.25) is 5.91 Å². The summed E-state index contributed by atoms with van der Waals surface area (Å²) in [5.74, 6) is -1.31. The van der Waals surface area contributed by atoms with Crippen LogP contribution in [0.15, 0.2) is 0 Å². The summed E-state index contributed by atoms with van der Waals surface area (Å²) >= 11 is 0. The predicted molar refractivity (Wildman–Crippen MR) is 65.7 cm³/mol. The molecule has 0 aromatic carbocycles. The van der Waals surface area contributed by atoms with Gasteiger partial charge in [-0.2, -0.15) is 0 Å². The SMILES string of the molecule is N[C@H](CCC=O)C(=O)NCCCC[C@H](N)C(=O)O. The van der Waals surface area contributed by atoms with Crippen molar-refractivity contribution in [2.75, 3.05) is 6.54 Å². The van der Waals surface area contributed by atoms with Crippen LogP contribution in [-0.4, -0.2) is 41.9 Å². The van der Waals surface area contributed by atoms with Crippen molar-refractivity contribution in [3.05, 3.63) is 0 Å². The Bertz CT molecular complexity index is 283. The fourth-order valence-corrected chi connectivity index (χ4v) is 1.33. The van der Waals surface area contributed by atoms with E-state index in [1.54, 1.807) is 0 Å². The highest BCUT2D eigenvalue weighted by Gasteiger charge is 2.13. The minimum atomic E-state index is -1.02. The molecule has 0 radical (unpaired) electrons. The Morgan fingerprint density at radius 2 is 1.83 bits per heavy atom. The number of hydrogen-bond donors (Lipinski definition) is 4. The number of carbonyl (C=O) groups excluding carboxylic acids is 2. The average Bonchev–Trinajstić information content (AvgIpc) is 2.34. The number of carboxylic acids is 1. The summed E-state index contributed by atoms with van der Waals surface area (Å²) in [6.45, 7) is 0.431. The Kier molecular flexibility index (Phi) is 8.77. The summed E-state index contributed by atoms with van der Waals surface area (Å²) in [5.41, 5.74) is 10.9. The first-order chi connectivity index (χ1) is 8.49. The minimum absolute atomic E-state index is 0.266. The third kappa shape index (κ3) is 7.75. The zero-order valence-electron chi connectivity index (χ0n) is 10.3. The standard InChI is InChI=1S/C11H21N3O4/c12-8(5-3-7-15)10(16)14-6-2-1-4-9(13)11(17)18/h7-9H,1-6,12-13H2,(H,14,16)(H,17,18)/t8-,9+/m1/s1. The highest BCUT2D eigenvalue weighted by atomic mass is 16.4. The number of amides is 1. The molecule has 7 nitrogen and oxygen atoms in total. The largest absolute Gasteiger partial charge is 0.480 e.